The van der Waals surface area contributed by atoms with E-state index in [-0.39, 0.29) is 6.10 Å². The normalized spacial score (nSPS) is 20.3. The third-order valence-corrected chi connectivity index (χ3v) is 3.25. The summed E-state index contributed by atoms with van der Waals surface area (Å²) in [6, 6.07) is 0. The summed E-state index contributed by atoms with van der Waals surface area (Å²) in [5.74, 6) is 0.721. The average molecular weight is 343 g/mol. The Labute approximate surface area is 140 Å². The van der Waals surface area contributed by atoms with Gasteiger partial charge in [0.1, 0.15) is 5.76 Å². The van der Waals surface area contributed by atoms with Crippen molar-refractivity contribution in [2.24, 2.45) is 0 Å². The van der Waals surface area contributed by atoms with Crippen LogP contribution < -0.4 is 0 Å². The molecule has 0 aromatic carbocycles. The molecule has 1 aliphatic heterocycles. The fourth-order valence-electron chi connectivity index (χ4n) is 2.34. The molecular formula is C14H23BFN3O5. The van der Waals surface area contributed by atoms with Crippen LogP contribution in [-0.4, -0.2) is 78.5 Å². The number of ether oxygens (including phenoxy) is 3. The molecule has 10 heteroatoms. The summed E-state index contributed by atoms with van der Waals surface area (Å²) in [6.45, 7) is 8.01. The smallest absolute Gasteiger partial charge is 0.491 e. The van der Waals surface area contributed by atoms with Gasteiger partial charge in [-0.2, -0.15) is 4.79 Å². The van der Waals surface area contributed by atoms with Crippen molar-refractivity contribution in [1.82, 2.24) is 4.90 Å². The average Bonchev–Trinajstić information content (AvgIpc) is 2.56. The van der Waals surface area contributed by atoms with Gasteiger partial charge in [0.25, 0.3) is 0 Å². The minimum atomic E-state index is -2.67. The first-order chi connectivity index (χ1) is 11.5. The van der Waals surface area contributed by atoms with E-state index in [1.807, 2.05) is 19.9 Å². The zero-order valence-corrected chi connectivity index (χ0v) is 13.9. The second-order valence-corrected chi connectivity index (χ2v) is 4.80. The largest absolute Gasteiger partial charge is 0.674 e. The Balaban J connectivity index is 0.000000648. The van der Waals surface area contributed by atoms with Crippen LogP contribution >= 0.6 is 0 Å². The quantitative estimate of drug-likeness (QED) is 0.418. The van der Waals surface area contributed by atoms with Crippen LogP contribution in [0.2, 0.25) is 0 Å². The fraction of sp³-hybridized carbons (Fsp3) is 0.643. The fourth-order valence-corrected chi connectivity index (χ4v) is 2.34. The Kier molecular flexibility index (Phi) is 9.28. The number of halogens is 1. The molecule has 2 N–H and O–H groups in total. The highest BCUT2D eigenvalue weighted by atomic mass is 19.1. The predicted octanol–water partition coefficient (Wildman–Crippen LogP) is 0.138. The first-order valence-electron chi connectivity index (χ1n) is 7.76. The summed E-state index contributed by atoms with van der Waals surface area (Å²) in [6.07, 6.45) is 3.36. The highest BCUT2D eigenvalue weighted by molar-refractivity contribution is 6.31. The first kappa shape index (κ1) is 20.3. The Hall–Kier alpha value is -1.71. The monoisotopic (exact) mass is 343 g/mol. The molecule has 0 radical (unpaired) electrons. The van der Waals surface area contributed by atoms with Gasteiger partial charge in [-0.3, -0.25) is 4.32 Å². The number of morpholine rings is 1. The van der Waals surface area contributed by atoms with E-state index in [0.29, 0.717) is 32.1 Å². The summed E-state index contributed by atoms with van der Waals surface area (Å²) in [4.78, 5) is 5.52. The summed E-state index contributed by atoms with van der Waals surface area (Å²) < 4.78 is 26.8. The van der Waals surface area contributed by atoms with Crippen molar-refractivity contribution in [2.75, 3.05) is 39.5 Å². The van der Waals surface area contributed by atoms with E-state index in [0.717, 1.165) is 24.5 Å². The molecule has 1 unspecified atom stereocenters. The van der Waals surface area contributed by atoms with Crippen molar-refractivity contribution < 1.29 is 33.4 Å². The minimum Gasteiger partial charge on any atom is -0.491 e. The van der Waals surface area contributed by atoms with Crippen LogP contribution in [0.25, 0.3) is 5.53 Å². The van der Waals surface area contributed by atoms with Crippen LogP contribution in [0, 0.1) is 0 Å². The molecule has 0 aromatic rings. The standard InChI is InChI=1S/C14H21N3O3.BFH2O2/c1-3-19-13-10-12(17-5-7-18-8-6-17)14(20-4-2)9-11(13)16-15;2-1(3)4/h9-10,13H,3-8H2,1-2H3;3-4H. The van der Waals surface area contributed by atoms with Gasteiger partial charge in [0.05, 0.1) is 31.6 Å². The SMILES string of the molecule is CCOC1=CC(=[N+]=[N-])C(OCC)C=C1N1CCOCC1.OB(O)F. The number of hydrogen-bond acceptors (Lipinski definition) is 6. The summed E-state index contributed by atoms with van der Waals surface area (Å²) >= 11 is 0. The molecule has 1 saturated heterocycles. The van der Waals surface area contributed by atoms with Gasteiger partial charge in [0.2, 0.25) is 0 Å². The number of nitrogens with zero attached hydrogens (tertiary/aromatic N) is 3. The van der Waals surface area contributed by atoms with Crippen LogP contribution in [-0.2, 0) is 14.2 Å². The molecule has 1 fully saturated rings. The lowest BCUT2D eigenvalue weighted by Gasteiger charge is -2.33. The van der Waals surface area contributed by atoms with Gasteiger partial charge >= 0.3 is 13.1 Å². The molecule has 0 aromatic heterocycles. The maximum atomic E-state index is 10.1. The lowest BCUT2D eigenvalue weighted by molar-refractivity contribution is -0.0230. The molecule has 2 aliphatic rings. The maximum Gasteiger partial charge on any atom is 0.674 e. The van der Waals surface area contributed by atoms with Crippen molar-refractivity contribution in [1.29, 1.82) is 0 Å². The second kappa shape index (κ2) is 11.0. The third kappa shape index (κ3) is 6.42. The molecule has 2 rings (SSSR count). The van der Waals surface area contributed by atoms with E-state index >= 15 is 0 Å². The Morgan fingerprint density at radius 2 is 2.00 bits per heavy atom. The molecule has 0 amide bonds. The number of rotatable bonds is 5. The van der Waals surface area contributed by atoms with E-state index in [4.69, 9.17) is 29.8 Å². The minimum absolute atomic E-state index is 0.341. The Bertz CT molecular complexity index is 500. The molecule has 24 heavy (non-hydrogen) atoms. The van der Waals surface area contributed by atoms with E-state index < -0.39 is 7.40 Å². The lowest BCUT2D eigenvalue weighted by Crippen LogP contribution is -2.39. The summed E-state index contributed by atoms with van der Waals surface area (Å²) in [7, 11) is -2.67. The van der Waals surface area contributed by atoms with E-state index in [1.165, 1.54) is 0 Å². The van der Waals surface area contributed by atoms with E-state index in [9.17, 15) is 4.32 Å². The zero-order valence-electron chi connectivity index (χ0n) is 13.9. The van der Waals surface area contributed by atoms with Gasteiger partial charge in [-0.05, 0) is 19.9 Å². The predicted molar refractivity (Wildman–Crippen MR) is 85.5 cm³/mol. The Morgan fingerprint density at radius 1 is 1.38 bits per heavy atom. The molecular weight excluding hydrogens is 320 g/mol. The Morgan fingerprint density at radius 3 is 2.50 bits per heavy atom. The molecule has 0 bridgehead atoms. The van der Waals surface area contributed by atoms with Crippen LogP contribution in [0.3, 0.4) is 0 Å². The zero-order chi connectivity index (χ0) is 17.9. The molecule has 1 aliphatic carbocycles. The van der Waals surface area contributed by atoms with Crippen LogP contribution in [0.15, 0.2) is 23.6 Å². The first-order valence-corrected chi connectivity index (χ1v) is 7.76. The van der Waals surface area contributed by atoms with Gasteiger partial charge in [0, 0.05) is 19.7 Å². The molecule has 0 saturated carbocycles. The van der Waals surface area contributed by atoms with E-state index in [2.05, 4.69) is 9.69 Å². The lowest BCUT2D eigenvalue weighted by atomic mass is 10.0. The maximum absolute atomic E-state index is 10.1. The molecule has 1 atom stereocenters. The van der Waals surface area contributed by atoms with E-state index in [1.54, 1.807) is 6.08 Å². The molecule has 0 spiro atoms. The summed E-state index contributed by atoms with van der Waals surface area (Å²) in [5.41, 5.74) is 10.6. The van der Waals surface area contributed by atoms with Crippen LogP contribution in [0.4, 0.5) is 4.32 Å². The van der Waals surface area contributed by atoms with Crippen molar-refractivity contribution >= 4 is 13.1 Å². The van der Waals surface area contributed by atoms with Gasteiger partial charge in [0.15, 0.2) is 6.10 Å². The van der Waals surface area contributed by atoms with Crippen molar-refractivity contribution in [3.05, 3.63) is 29.1 Å². The van der Waals surface area contributed by atoms with Gasteiger partial charge in [-0.25, -0.2) is 0 Å². The second-order valence-electron chi connectivity index (χ2n) is 4.80. The van der Waals surface area contributed by atoms with Gasteiger partial charge in [-0.1, -0.05) is 0 Å². The van der Waals surface area contributed by atoms with Crippen molar-refractivity contribution in [3.63, 3.8) is 0 Å². The number of hydrogen-bond donors (Lipinski definition) is 2. The van der Waals surface area contributed by atoms with Crippen LogP contribution in [0.5, 0.6) is 0 Å². The molecule has 1 heterocycles. The highest BCUT2D eigenvalue weighted by Gasteiger charge is 2.31. The topological polar surface area (TPSA) is 108 Å². The van der Waals surface area contributed by atoms with Crippen molar-refractivity contribution in [2.45, 2.75) is 20.0 Å². The van der Waals surface area contributed by atoms with Crippen molar-refractivity contribution in [3.8, 4) is 0 Å². The highest BCUT2D eigenvalue weighted by Crippen LogP contribution is 2.24. The van der Waals surface area contributed by atoms with Crippen LogP contribution in [0.1, 0.15) is 13.8 Å². The molecule has 8 nitrogen and oxygen atoms in total. The molecule has 134 valence electrons. The summed E-state index contributed by atoms with van der Waals surface area (Å²) in [5, 5.41) is 13.9. The van der Waals surface area contributed by atoms with Gasteiger partial charge < -0.3 is 34.7 Å². The third-order valence-electron chi connectivity index (χ3n) is 3.25. The van der Waals surface area contributed by atoms with Gasteiger partial charge in [-0.15, -0.1) is 0 Å².